The average molecular weight is 421 g/mol. The van der Waals surface area contributed by atoms with Crippen LogP contribution in [0.1, 0.15) is 66.9 Å². The minimum absolute atomic E-state index is 0.0900. The molecule has 1 aromatic heterocycles. The monoisotopic (exact) mass is 420 g/mol. The summed E-state index contributed by atoms with van der Waals surface area (Å²) in [7, 11) is 0. The Bertz CT molecular complexity index is 829. The fourth-order valence-corrected chi connectivity index (χ4v) is 5.75. The van der Waals surface area contributed by atoms with Crippen molar-refractivity contribution in [2.75, 3.05) is 18.0 Å². The molecule has 2 heterocycles. The number of anilines is 1. The van der Waals surface area contributed by atoms with Crippen molar-refractivity contribution in [1.82, 2.24) is 15.4 Å². The fourth-order valence-electron chi connectivity index (χ4n) is 4.28. The van der Waals surface area contributed by atoms with E-state index in [1.54, 1.807) is 0 Å². The van der Waals surface area contributed by atoms with Crippen LogP contribution in [0, 0.1) is 0 Å². The molecule has 1 aliphatic heterocycles. The Morgan fingerprint density at radius 1 is 1.18 bits per heavy atom. The summed E-state index contributed by atoms with van der Waals surface area (Å²) in [6, 6.07) is 6.59. The zero-order valence-corrected chi connectivity index (χ0v) is 17.3. The second-order valence-electron chi connectivity index (χ2n) is 7.65. The lowest BCUT2D eigenvalue weighted by Gasteiger charge is -2.31. The van der Waals surface area contributed by atoms with Crippen LogP contribution in [0.4, 0.5) is 5.69 Å². The second kappa shape index (κ2) is 8.74. The summed E-state index contributed by atoms with van der Waals surface area (Å²) >= 11 is 8.16. The van der Waals surface area contributed by atoms with Gasteiger partial charge in [-0.1, -0.05) is 34.6 Å². The summed E-state index contributed by atoms with van der Waals surface area (Å²) in [5.41, 5.74) is 2.58. The molecule has 28 heavy (non-hydrogen) atoms. The normalized spacial score (nSPS) is 23.0. The molecule has 4 rings (SSSR count). The molecule has 2 aliphatic rings. The molecule has 0 radical (unpaired) electrons. The van der Waals surface area contributed by atoms with Crippen LogP contribution in [0.5, 0.6) is 0 Å². The van der Waals surface area contributed by atoms with E-state index >= 15 is 0 Å². The maximum atomic E-state index is 11.2. The molecule has 1 saturated carbocycles. The van der Waals surface area contributed by atoms with Crippen LogP contribution in [0.15, 0.2) is 23.2 Å². The van der Waals surface area contributed by atoms with Crippen LogP contribution >= 0.6 is 23.4 Å². The molecule has 150 valence electrons. The first-order valence-corrected chi connectivity index (χ1v) is 11.2. The van der Waals surface area contributed by atoms with Crippen LogP contribution in [0.2, 0.25) is 5.02 Å². The number of aromatic nitrogens is 3. The first-order valence-electron chi connectivity index (χ1n) is 9.97. The molecule has 0 bridgehead atoms. The van der Waals surface area contributed by atoms with Crippen molar-refractivity contribution in [3.8, 4) is 0 Å². The van der Waals surface area contributed by atoms with E-state index in [-0.39, 0.29) is 5.69 Å². The standard InChI is InChI=1S/C20H25ClN4O2S/c21-16-12-14(6-9-17(16)25-10-2-1-3-11-25)13-4-7-15(8-5-13)28-19-18(20(26)27)22-24-23-19/h6,9,12-13,15H,1-5,7-8,10-11H2,(H,26,27)(H,22,23,24)/t13-,15-. The highest BCUT2D eigenvalue weighted by atomic mass is 35.5. The first-order chi connectivity index (χ1) is 13.6. The topological polar surface area (TPSA) is 82.1 Å². The number of piperidine rings is 1. The van der Waals surface area contributed by atoms with Crippen LogP contribution in [0.3, 0.4) is 0 Å². The number of H-pyrrole nitrogens is 1. The van der Waals surface area contributed by atoms with E-state index in [0.29, 0.717) is 16.2 Å². The molecule has 6 nitrogen and oxygen atoms in total. The van der Waals surface area contributed by atoms with Gasteiger partial charge in [-0.15, -0.1) is 5.10 Å². The minimum Gasteiger partial charge on any atom is -0.476 e. The van der Waals surface area contributed by atoms with Gasteiger partial charge in [0.2, 0.25) is 0 Å². The van der Waals surface area contributed by atoms with Gasteiger partial charge in [-0.25, -0.2) is 4.79 Å². The maximum Gasteiger partial charge on any atom is 0.356 e. The second-order valence-corrected chi connectivity index (χ2v) is 9.34. The molecular weight excluding hydrogens is 396 g/mol. The van der Waals surface area contributed by atoms with E-state index in [1.807, 2.05) is 0 Å². The summed E-state index contributed by atoms with van der Waals surface area (Å²) in [6.45, 7) is 2.20. The number of nitrogens with zero attached hydrogens (tertiary/aromatic N) is 3. The number of thioether (sulfide) groups is 1. The van der Waals surface area contributed by atoms with Crippen molar-refractivity contribution in [2.24, 2.45) is 0 Å². The number of hydrogen-bond donors (Lipinski definition) is 2. The predicted octanol–water partition coefficient (Wildman–Crippen LogP) is 4.97. The Hall–Kier alpha value is -1.73. The van der Waals surface area contributed by atoms with Gasteiger partial charge in [0.05, 0.1) is 10.7 Å². The Balaban J connectivity index is 1.36. The first kappa shape index (κ1) is 19.6. The molecule has 1 aliphatic carbocycles. The lowest BCUT2D eigenvalue weighted by Crippen LogP contribution is -2.29. The van der Waals surface area contributed by atoms with Crippen LogP contribution in [0.25, 0.3) is 0 Å². The van der Waals surface area contributed by atoms with E-state index in [2.05, 4.69) is 38.5 Å². The highest BCUT2D eigenvalue weighted by Crippen LogP contribution is 2.41. The quantitative estimate of drug-likeness (QED) is 0.710. The van der Waals surface area contributed by atoms with Crippen molar-refractivity contribution < 1.29 is 9.90 Å². The van der Waals surface area contributed by atoms with Gasteiger partial charge in [0.25, 0.3) is 0 Å². The highest BCUT2D eigenvalue weighted by Gasteiger charge is 2.26. The molecule has 2 N–H and O–H groups in total. The summed E-state index contributed by atoms with van der Waals surface area (Å²) in [5.74, 6) is -0.495. The number of carboxylic acid groups (broad SMARTS) is 1. The summed E-state index contributed by atoms with van der Waals surface area (Å²) in [4.78, 5) is 13.6. The molecular formula is C20H25ClN4O2S. The number of halogens is 1. The van der Waals surface area contributed by atoms with E-state index in [0.717, 1.165) is 43.8 Å². The number of hydrogen-bond acceptors (Lipinski definition) is 5. The van der Waals surface area contributed by atoms with Gasteiger partial charge in [0.1, 0.15) is 0 Å². The Labute approximate surface area is 174 Å². The van der Waals surface area contributed by atoms with E-state index < -0.39 is 5.97 Å². The highest BCUT2D eigenvalue weighted by molar-refractivity contribution is 7.99. The van der Waals surface area contributed by atoms with Crippen LogP contribution < -0.4 is 4.90 Å². The molecule has 2 aromatic rings. The molecule has 2 fully saturated rings. The largest absolute Gasteiger partial charge is 0.476 e. The Morgan fingerprint density at radius 3 is 2.61 bits per heavy atom. The van der Waals surface area contributed by atoms with Gasteiger partial charge in [0.15, 0.2) is 10.7 Å². The van der Waals surface area contributed by atoms with Gasteiger partial charge >= 0.3 is 5.97 Å². The van der Waals surface area contributed by atoms with Crippen molar-refractivity contribution >= 4 is 35.0 Å². The van der Waals surface area contributed by atoms with Crippen molar-refractivity contribution in [1.29, 1.82) is 0 Å². The van der Waals surface area contributed by atoms with Crippen LogP contribution in [-0.2, 0) is 0 Å². The summed E-state index contributed by atoms with van der Waals surface area (Å²) < 4.78 is 0. The average Bonchev–Trinajstić information content (AvgIpc) is 3.18. The molecule has 1 saturated heterocycles. The summed E-state index contributed by atoms with van der Waals surface area (Å²) in [6.07, 6.45) is 8.04. The van der Waals surface area contributed by atoms with Crippen molar-refractivity contribution in [2.45, 2.75) is 61.1 Å². The third kappa shape index (κ3) is 4.30. The predicted molar refractivity (Wildman–Crippen MR) is 112 cm³/mol. The number of aromatic amines is 1. The lowest BCUT2D eigenvalue weighted by atomic mass is 9.84. The minimum atomic E-state index is -1.01. The van der Waals surface area contributed by atoms with Gasteiger partial charge < -0.3 is 10.0 Å². The maximum absolute atomic E-state index is 11.2. The molecule has 8 heteroatoms. The summed E-state index contributed by atoms with van der Waals surface area (Å²) in [5, 5.41) is 20.9. The van der Waals surface area contributed by atoms with Gasteiger partial charge in [0, 0.05) is 18.3 Å². The van der Waals surface area contributed by atoms with Gasteiger partial charge in [-0.3, -0.25) is 5.10 Å². The molecule has 0 spiro atoms. The zero-order chi connectivity index (χ0) is 19.5. The zero-order valence-electron chi connectivity index (χ0n) is 15.7. The number of benzene rings is 1. The molecule has 0 amide bonds. The van der Waals surface area contributed by atoms with Crippen LogP contribution in [-0.4, -0.2) is 44.8 Å². The molecule has 0 unspecified atom stereocenters. The third-order valence-electron chi connectivity index (χ3n) is 5.82. The van der Waals surface area contributed by atoms with E-state index in [4.69, 9.17) is 11.6 Å². The van der Waals surface area contributed by atoms with Crippen molar-refractivity contribution in [3.63, 3.8) is 0 Å². The van der Waals surface area contributed by atoms with Gasteiger partial charge in [-0.2, -0.15) is 0 Å². The smallest absolute Gasteiger partial charge is 0.356 e. The number of carboxylic acids is 1. The number of aromatic carboxylic acids is 1. The van der Waals surface area contributed by atoms with E-state index in [9.17, 15) is 9.90 Å². The third-order valence-corrected chi connectivity index (χ3v) is 7.44. The van der Waals surface area contributed by atoms with Gasteiger partial charge in [-0.05, 0) is 68.6 Å². The SMILES string of the molecule is O=C(O)c1[nH]nnc1S[C@H]1CC[C@H](c2ccc(N3CCCCC3)c(Cl)c2)CC1. The van der Waals surface area contributed by atoms with E-state index in [1.165, 1.54) is 42.3 Å². The molecule has 1 aromatic carbocycles. The lowest BCUT2D eigenvalue weighted by molar-refractivity contribution is 0.0686. The Kier molecular flexibility index (Phi) is 6.11. The fraction of sp³-hybridized carbons (Fsp3) is 0.550. The number of carbonyl (C=O) groups is 1. The van der Waals surface area contributed by atoms with Crippen molar-refractivity contribution in [3.05, 3.63) is 34.5 Å². The Morgan fingerprint density at radius 2 is 1.93 bits per heavy atom. The molecule has 0 atom stereocenters. The number of nitrogens with one attached hydrogen (secondary N) is 1. The number of rotatable bonds is 5.